The van der Waals surface area contributed by atoms with Crippen molar-refractivity contribution in [1.29, 1.82) is 0 Å². The number of imidazole rings is 1. The van der Waals surface area contributed by atoms with Crippen LogP contribution in [0.15, 0.2) is 24.8 Å². The number of aromatic nitrogens is 2. The van der Waals surface area contributed by atoms with Gasteiger partial charge in [-0.05, 0) is 25.3 Å². The molecule has 2 heterocycles. The molecule has 1 N–H and O–H groups in total. The van der Waals surface area contributed by atoms with Crippen LogP contribution in [-0.2, 0) is 9.59 Å². The summed E-state index contributed by atoms with van der Waals surface area (Å²) in [5.41, 5.74) is 1.39. The van der Waals surface area contributed by atoms with Crippen LogP contribution in [-0.4, -0.2) is 47.0 Å². The molecule has 138 valence electrons. The lowest BCUT2D eigenvalue weighted by atomic mass is 10.1. The maximum atomic E-state index is 12.1. The smallest absolute Gasteiger partial charge is 0.298 e. The van der Waals surface area contributed by atoms with Gasteiger partial charge < -0.3 is 19.5 Å². The van der Waals surface area contributed by atoms with Gasteiger partial charge in [-0.3, -0.25) is 9.59 Å². The molecule has 1 amide bonds. The third kappa shape index (κ3) is 3.39. The normalized spacial score (nSPS) is 17.6. The van der Waals surface area contributed by atoms with Crippen molar-refractivity contribution in [2.45, 2.75) is 25.3 Å². The number of nitrogens with one attached hydrogen (secondary N) is 1. The van der Waals surface area contributed by atoms with Gasteiger partial charge in [-0.15, -0.1) is 0 Å². The summed E-state index contributed by atoms with van der Waals surface area (Å²) >= 11 is 6.48. The maximum Gasteiger partial charge on any atom is 0.298 e. The molecule has 1 aromatic carbocycles. The van der Waals surface area contributed by atoms with E-state index in [-0.39, 0.29) is 11.9 Å². The Morgan fingerprint density at radius 3 is 2.96 bits per heavy atom. The number of amides is 1. The molecule has 1 aromatic heterocycles. The minimum atomic E-state index is -0.0694. The van der Waals surface area contributed by atoms with Gasteiger partial charge in [-0.25, -0.2) is 4.98 Å². The number of carbonyl (C=O) groups is 2. The van der Waals surface area contributed by atoms with E-state index in [0.29, 0.717) is 41.8 Å². The van der Waals surface area contributed by atoms with Crippen LogP contribution < -0.4 is 10.1 Å². The SMILES string of the molecule is C=CC(=O)N1CCCCC(n2c(NC)nc3cc(OC=O)cc(Cl)c32)C1. The number of hydrogen-bond acceptors (Lipinski definition) is 5. The zero-order valence-corrected chi connectivity index (χ0v) is 15.3. The first kappa shape index (κ1) is 18.3. The minimum Gasteiger partial charge on any atom is -0.429 e. The van der Waals surface area contributed by atoms with Gasteiger partial charge in [0, 0.05) is 32.3 Å². The van der Waals surface area contributed by atoms with E-state index >= 15 is 0 Å². The predicted molar refractivity (Wildman–Crippen MR) is 101 cm³/mol. The van der Waals surface area contributed by atoms with E-state index in [1.54, 1.807) is 19.2 Å². The number of hydrogen-bond donors (Lipinski definition) is 1. The number of fused-ring (bicyclic) bond motifs is 1. The molecule has 1 atom stereocenters. The number of halogens is 1. The monoisotopic (exact) mass is 376 g/mol. The van der Waals surface area contributed by atoms with E-state index in [1.807, 2.05) is 9.47 Å². The summed E-state index contributed by atoms with van der Waals surface area (Å²) in [5.74, 6) is 0.928. The third-order valence-corrected chi connectivity index (χ3v) is 4.91. The van der Waals surface area contributed by atoms with Crippen LogP contribution in [0.3, 0.4) is 0 Å². The highest BCUT2D eigenvalue weighted by atomic mass is 35.5. The standard InChI is InChI=1S/C18H21ClN4O3/c1-3-16(25)22-7-5-4-6-12(10-22)23-17-14(19)8-13(26-11-24)9-15(17)21-18(23)20-2/h3,8-9,11-12H,1,4-7,10H2,2H3,(H,20,21). The first-order chi connectivity index (χ1) is 12.6. The summed E-state index contributed by atoms with van der Waals surface area (Å²) in [6, 6.07) is 3.31. The first-order valence-electron chi connectivity index (χ1n) is 8.50. The Kier molecular flexibility index (Phi) is 5.46. The van der Waals surface area contributed by atoms with E-state index in [9.17, 15) is 9.59 Å². The molecule has 7 nitrogen and oxygen atoms in total. The maximum absolute atomic E-state index is 12.1. The van der Waals surface area contributed by atoms with Gasteiger partial charge in [-0.2, -0.15) is 0 Å². The van der Waals surface area contributed by atoms with E-state index in [1.165, 1.54) is 6.08 Å². The highest BCUT2D eigenvalue weighted by Gasteiger charge is 2.26. The summed E-state index contributed by atoms with van der Waals surface area (Å²) in [6.45, 7) is 5.23. The average Bonchev–Trinajstić information content (AvgIpc) is 2.83. The number of ether oxygens (including phenoxy) is 1. The Balaban J connectivity index is 2.08. The zero-order chi connectivity index (χ0) is 18.7. The second-order valence-electron chi connectivity index (χ2n) is 6.18. The molecule has 0 saturated carbocycles. The Morgan fingerprint density at radius 2 is 2.27 bits per heavy atom. The fourth-order valence-electron chi connectivity index (χ4n) is 3.47. The molecule has 2 aromatic rings. The Morgan fingerprint density at radius 1 is 1.46 bits per heavy atom. The number of benzene rings is 1. The van der Waals surface area contributed by atoms with Gasteiger partial charge in [0.25, 0.3) is 6.47 Å². The van der Waals surface area contributed by atoms with Gasteiger partial charge in [0.2, 0.25) is 11.9 Å². The van der Waals surface area contributed by atoms with Crippen LogP contribution in [0, 0.1) is 0 Å². The Bertz CT molecular complexity index is 849. The van der Waals surface area contributed by atoms with Crippen molar-refractivity contribution in [2.75, 3.05) is 25.5 Å². The first-order valence-corrected chi connectivity index (χ1v) is 8.87. The minimum absolute atomic E-state index is 0.0317. The van der Waals surface area contributed by atoms with Crippen molar-refractivity contribution in [3.8, 4) is 5.75 Å². The van der Waals surface area contributed by atoms with Crippen LogP contribution in [0.5, 0.6) is 5.75 Å². The van der Waals surface area contributed by atoms with Crippen molar-refractivity contribution < 1.29 is 14.3 Å². The average molecular weight is 377 g/mol. The number of rotatable bonds is 5. The predicted octanol–water partition coefficient (Wildman–Crippen LogP) is 3.01. The molecule has 0 aliphatic carbocycles. The molecule has 3 rings (SSSR count). The molecule has 0 spiro atoms. The number of likely N-dealkylation sites (tertiary alicyclic amines) is 1. The number of anilines is 1. The Labute approximate surface area is 156 Å². The fourth-order valence-corrected chi connectivity index (χ4v) is 3.77. The fraction of sp³-hybridized carbons (Fsp3) is 0.389. The molecule has 1 aliphatic rings. The number of nitrogens with zero attached hydrogens (tertiary/aromatic N) is 3. The van der Waals surface area contributed by atoms with Crippen LogP contribution in [0.25, 0.3) is 11.0 Å². The lowest BCUT2D eigenvalue weighted by Crippen LogP contribution is -2.34. The van der Waals surface area contributed by atoms with Crippen molar-refractivity contribution in [1.82, 2.24) is 14.5 Å². The summed E-state index contributed by atoms with van der Waals surface area (Å²) in [7, 11) is 1.79. The second kappa shape index (κ2) is 7.78. The van der Waals surface area contributed by atoms with Gasteiger partial charge >= 0.3 is 0 Å². The van der Waals surface area contributed by atoms with Crippen molar-refractivity contribution >= 4 is 41.0 Å². The van der Waals surface area contributed by atoms with E-state index in [2.05, 4.69) is 16.9 Å². The molecule has 26 heavy (non-hydrogen) atoms. The van der Waals surface area contributed by atoms with E-state index < -0.39 is 0 Å². The summed E-state index contributed by atoms with van der Waals surface area (Å²) in [4.78, 5) is 29.1. The molecular formula is C18H21ClN4O3. The molecule has 0 radical (unpaired) electrons. The van der Waals surface area contributed by atoms with Crippen molar-refractivity contribution in [2.24, 2.45) is 0 Å². The quantitative estimate of drug-likeness (QED) is 0.641. The van der Waals surface area contributed by atoms with E-state index in [0.717, 1.165) is 24.8 Å². The van der Waals surface area contributed by atoms with Crippen molar-refractivity contribution in [3.63, 3.8) is 0 Å². The zero-order valence-electron chi connectivity index (χ0n) is 14.6. The lowest BCUT2D eigenvalue weighted by Gasteiger charge is -2.26. The highest BCUT2D eigenvalue weighted by Crippen LogP contribution is 2.36. The highest BCUT2D eigenvalue weighted by molar-refractivity contribution is 6.35. The third-order valence-electron chi connectivity index (χ3n) is 4.62. The van der Waals surface area contributed by atoms with Crippen LogP contribution in [0.1, 0.15) is 25.3 Å². The van der Waals surface area contributed by atoms with Crippen LogP contribution in [0.2, 0.25) is 5.02 Å². The second-order valence-corrected chi connectivity index (χ2v) is 6.59. The summed E-state index contributed by atoms with van der Waals surface area (Å²) in [5, 5.41) is 3.54. The van der Waals surface area contributed by atoms with Crippen LogP contribution >= 0.6 is 11.6 Å². The molecular weight excluding hydrogens is 356 g/mol. The van der Waals surface area contributed by atoms with E-state index in [4.69, 9.17) is 16.3 Å². The molecule has 1 unspecified atom stereocenters. The lowest BCUT2D eigenvalue weighted by molar-refractivity contribution is -0.126. The van der Waals surface area contributed by atoms with Crippen molar-refractivity contribution in [3.05, 3.63) is 29.8 Å². The molecule has 1 fully saturated rings. The van der Waals surface area contributed by atoms with Gasteiger partial charge in [0.05, 0.1) is 22.1 Å². The topological polar surface area (TPSA) is 76.5 Å². The summed E-state index contributed by atoms with van der Waals surface area (Å²) in [6.07, 6.45) is 4.20. The largest absolute Gasteiger partial charge is 0.429 e. The Hall–Kier alpha value is -2.54. The van der Waals surface area contributed by atoms with Gasteiger partial charge in [0.1, 0.15) is 5.75 Å². The molecule has 1 aliphatic heterocycles. The van der Waals surface area contributed by atoms with Gasteiger partial charge in [0.15, 0.2) is 0 Å². The molecule has 8 heteroatoms. The molecule has 1 saturated heterocycles. The number of carbonyl (C=O) groups excluding carboxylic acids is 2. The summed E-state index contributed by atoms with van der Waals surface area (Å²) < 4.78 is 6.95. The molecule has 0 bridgehead atoms. The van der Waals surface area contributed by atoms with Crippen LogP contribution in [0.4, 0.5) is 5.95 Å². The van der Waals surface area contributed by atoms with Gasteiger partial charge in [-0.1, -0.05) is 18.2 Å².